The molecule has 2 aromatic carbocycles. The van der Waals surface area contributed by atoms with Crippen LogP contribution in [0.3, 0.4) is 0 Å². The number of nitrogens with two attached hydrogens (primary N) is 1. The van der Waals surface area contributed by atoms with Crippen LogP contribution in [-0.4, -0.2) is 54.7 Å². The minimum absolute atomic E-state index is 0.0894. The third-order valence-electron chi connectivity index (χ3n) is 7.19. The molecule has 1 aliphatic heterocycles. The van der Waals surface area contributed by atoms with Crippen LogP contribution in [0.4, 0.5) is 5.69 Å². The Balaban J connectivity index is 1.35. The summed E-state index contributed by atoms with van der Waals surface area (Å²) in [4.78, 5) is 14.3. The molecule has 6 nitrogen and oxygen atoms in total. The number of carbonyl (C=O) groups is 1. The SMILES string of the molecule is C[C@H]([C@@H](O)c1ccc(NCCNC(=O)CCCCCN)cc1)N1CCC(Cc2ccccc2)CC1. The van der Waals surface area contributed by atoms with Crippen molar-refractivity contribution >= 4 is 11.6 Å². The Morgan fingerprint density at radius 3 is 2.43 bits per heavy atom. The first-order chi connectivity index (χ1) is 17.1. The molecule has 0 radical (unpaired) electrons. The van der Waals surface area contributed by atoms with E-state index in [2.05, 4.69) is 52.8 Å². The Labute approximate surface area is 211 Å². The Morgan fingerprint density at radius 1 is 1.03 bits per heavy atom. The molecule has 1 amide bonds. The molecule has 0 spiro atoms. The normalized spacial score (nSPS) is 16.5. The van der Waals surface area contributed by atoms with E-state index in [0.29, 0.717) is 26.1 Å². The second kappa shape index (κ2) is 14.9. The zero-order valence-corrected chi connectivity index (χ0v) is 21.3. The number of anilines is 1. The highest BCUT2D eigenvalue weighted by Crippen LogP contribution is 2.28. The van der Waals surface area contributed by atoms with Gasteiger partial charge in [-0.3, -0.25) is 9.69 Å². The van der Waals surface area contributed by atoms with Crippen molar-refractivity contribution in [3.63, 3.8) is 0 Å². The first kappa shape index (κ1) is 27.2. The fourth-order valence-electron chi connectivity index (χ4n) is 4.89. The molecular weight excluding hydrogens is 436 g/mol. The molecule has 3 rings (SSSR count). The molecule has 0 unspecified atom stereocenters. The highest BCUT2D eigenvalue weighted by Gasteiger charge is 2.27. The van der Waals surface area contributed by atoms with Crippen molar-refractivity contribution in [3.05, 3.63) is 65.7 Å². The van der Waals surface area contributed by atoms with Gasteiger partial charge in [0.05, 0.1) is 6.10 Å². The first-order valence-corrected chi connectivity index (χ1v) is 13.3. The van der Waals surface area contributed by atoms with Gasteiger partial charge in [0.1, 0.15) is 0 Å². The fraction of sp³-hybridized carbons (Fsp3) is 0.552. The van der Waals surface area contributed by atoms with E-state index in [9.17, 15) is 9.90 Å². The zero-order valence-electron chi connectivity index (χ0n) is 21.3. The lowest BCUT2D eigenvalue weighted by atomic mass is 9.89. The maximum atomic E-state index is 11.8. The summed E-state index contributed by atoms with van der Waals surface area (Å²) in [5, 5.41) is 17.3. The highest BCUT2D eigenvalue weighted by molar-refractivity contribution is 5.75. The fourth-order valence-corrected chi connectivity index (χ4v) is 4.89. The topological polar surface area (TPSA) is 90.6 Å². The second-order valence-corrected chi connectivity index (χ2v) is 9.85. The Kier molecular flexibility index (Phi) is 11.5. The van der Waals surface area contributed by atoms with E-state index in [1.165, 1.54) is 18.4 Å². The average molecular weight is 481 g/mol. The molecular formula is C29H44N4O2. The number of nitrogens with one attached hydrogen (secondary N) is 2. The zero-order chi connectivity index (χ0) is 24.9. The summed E-state index contributed by atoms with van der Waals surface area (Å²) < 4.78 is 0. The van der Waals surface area contributed by atoms with Gasteiger partial charge in [-0.2, -0.15) is 0 Å². The summed E-state index contributed by atoms with van der Waals surface area (Å²) in [5.41, 5.74) is 8.84. The smallest absolute Gasteiger partial charge is 0.220 e. The summed E-state index contributed by atoms with van der Waals surface area (Å²) in [7, 11) is 0. The number of hydrogen-bond donors (Lipinski definition) is 4. The molecule has 1 aliphatic rings. The van der Waals surface area contributed by atoms with Crippen molar-refractivity contribution in [1.29, 1.82) is 0 Å². The maximum Gasteiger partial charge on any atom is 0.220 e. The second-order valence-electron chi connectivity index (χ2n) is 9.85. The third-order valence-corrected chi connectivity index (χ3v) is 7.19. The van der Waals surface area contributed by atoms with Gasteiger partial charge in [0.15, 0.2) is 0 Å². The number of carbonyl (C=O) groups excluding carboxylic acids is 1. The number of benzene rings is 2. The molecule has 2 atom stereocenters. The quantitative estimate of drug-likeness (QED) is 0.306. The van der Waals surface area contributed by atoms with Crippen LogP contribution >= 0.6 is 0 Å². The van der Waals surface area contributed by atoms with Gasteiger partial charge in [0, 0.05) is 31.2 Å². The van der Waals surface area contributed by atoms with Crippen LogP contribution in [-0.2, 0) is 11.2 Å². The van der Waals surface area contributed by atoms with Gasteiger partial charge in [0.2, 0.25) is 5.91 Å². The number of aliphatic hydroxyl groups is 1. The van der Waals surface area contributed by atoms with Gasteiger partial charge in [0.25, 0.3) is 0 Å². The van der Waals surface area contributed by atoms with Gasteiger partial charge in [-0.1, -0.05) is 48.9 Å². The minimum Gasteiger partial charge on any atom is -0.387 e. The number of aliphatic hydroxyl groups excluding tert-OH is 1. The average Bonchev–Trinajstić information content (AvgIpc) is 2.90. The summed E-state index contributed by atoms with van der Waals surface area (Å²) in [6, 6.07) is 18.9. The predicted molar refractivity (Wildman–Crippen MR) is 144 cm³/mol. The predicted octanol–water partition coefficient (Wildman–Crippen LogP) is 4.11. The molecule has 0 bridgehead atoms. The summed E-state index contributed by atoms with van der Waals surface area (Å²) >= 11 is 0. The molecule has 0 aliphatic carbocycles. The van der Waals surface area contributed by atoms with Crippen LogP contribution in [0.25, 0.3) is 0 Å². The number of unbranched alkanes of at least 4 members (excludes halogenated alkanes) is 2. The molecule has 2 aromatic rings. The minimum atomic E-state index is -0.506. The Hall–Kier alpha value is -2.41. The van der Waals surface area contributed by atoms with Crippen molar-refractivity contribution in [3.8, 4) is 0 Å². The Bertz CT molecular complexity index is 851. The van der Waals surface area contributed by atoms with Gasteiger partial charge >= 0.3 is 0 Å². The lowest BCUT2D eigenvalue weighted by Crippen LogP contribution is -2.43. The van der Waals surface area contributed by atoms with E-state index >= 15 is 0 Å². The van der Waals surface area contributed by atoms with E-state index in [-0.39, 0.29) is 11.9 Å². The number of rotatable bonds is 14. The van der Waals surface area contributed by atoms with Crippen LogP contribution < -0.4 is 16.4 Å². The van der Waals surface area contributed by atoms with E-state index < -0.39 is 6.10 Å². The van der Waals surface area contributed by atoms with E-state index in [1.54, 1.807) is 0 Å². The van der Waals surface area contributed by atoms with Crippen LogP contribution in [0.1, 0.15) is 62.7 Å². The molecule has 1 fully saturated rings. The van der Waals surface area contributed by atoms with Gasteiger partial charge in [-0.25, -0.2) is 0 Å². The number of likely N-dealkylation sites (tertiary alicyclic amines) is 1. The van der Waals surface area contributed by atoms with Crippen molar-refractivity contribution in [2.24, 2.45) is 11.7 Å². The third kappa shape index (κ3) is 9.28. The standard InChI is InChI=1S/C29H44N4O2/c1-23(33-20-15-25(16-21-33)22-24-8-4-2-5-9-24)29(35)26-11-13-27(14-12-26)31-18-19-32-28(34)10-6-3-7-17-30/h2,4-5,8-9,11-14,23,25,29,31,35H,3,6-7,10,15-22,30H2,1H3,(H,32,34)/t23-,29-/m1/s1. The first-order valence-electron chi connectivity index (χ1n) is 13.3. The molecule has 0 aromatic heterocycles. The lowest BCUT2D eigenvalue weighted by molar-refractivity contribution is -0.121. The van der Waals surface area contributed by atoms with Gasteiger partial charge in [-0.05, 0) is 87.8 Å². The van der Waals surface area contributed by atoms with Crippen LogP contribution in [0, 0.1) is 5.92 Å². The molecule has 1 saturated heterocycles. The maximum absolute atomic E-state index is 11.8. The molecule has 5 N–H and O–H groups in total. The molecule has 35 heavy (non-hydrogen) atoms. The van der Waals surface area contributed by atoms with Crippen molar-refractivity contribution < 1.29 is 9.90 Å². The van der Waals surface area contributed by atoms with Crippen LogP contribution in [0.2, 0.25) is 0 Å². The molecule has 1 heterocycles. The molecule has 192 valence electrons. The number of amides is 1. The van der Waals surface area contributed by atoms with E-state index in [1.807, 2.05) is 24.3 Å². The van der Waals surface area contributed by atoms with Crippen LogP contribution in [0.15, 0.2) is 54.6 Å². The number of nitrogens with zero attached hydrogens (tertiary/aromatic N) is 1. The lowest BCUT2D eigenvalue weighted by Gasteiger charge is -2.38. The van der Waals surface area contributed by atoms with E-state index in [0.717, 1.165) is 55.9 Å². The summed E-state index contributed by atoms with van der Waals surface area (Å²) in [5.74, 6) is 0.824. The monoisotopic (exact) mass is 480 g/mol. The van der Waals surface area contributed by atoms with Crippen molar-refractivity contribution in [1.82, 2.24) is 10.2 Å². The number of piperidine rings is 1. The van der Waals surface area contributed by atoms with Crippen LogP contribution in [0.5, 0.6) is 0 Å². The summed E-state index contributed by atoms with van der Waals surface area (Å²) in [6.45, 7) is 6.16. The van der Waals surface area contributed by atoms with Crippen molar-refractivity contribution in [2.45, 2.75) is 64.0 Å². The molecule has 0 saturated carbocycles. The number of hydrogen-bond acceptors (Lipinski definition) is 5. The van der Waals surface area contributed by atoms with E-state index in [4.69, 9.17) is 5.73 Å². The Morgan fingerprint density at radius 2 is 1.74 bits per heavy atom. The highest BCUT2D eigenvalue weighted by atomic mass is 16.3. The van der Waals surface area contributed by atoms with Crippen molar-refractivity contribution in [2.75, 3.05) is 38.0 Å². The summed E-state index contributed by atoms with van der Waals surface area (Å²) in [6.07, 6.45) is 6.45. The van der Waals surface area contributed by atoms with Gasteiger partial charge < -0.3 is 21.5 Å². The van der Waals surface area contributed by atoms with Gasteiger partial charge in [-0.15, -0.1) is 0 Å². The molecule has 6 heteroatoms. The largest absolute Gasteiger partial charge is 0.387 e.